The lowest BCUT2D eigenvalue weighted by molar-refractivity contribution is -0.121. The lowest BCUT2D eigenvalue weighted by Crippen LogP contribution is -2.26. The molecule has 7 nitrogen and oxygen atoms in total. The average molecular weight is 520 g/mol. The van der Waals surface area contributed by atoms with Crippen LogP contribution in [0.25, 0.3) is 11.2 Å². The van der Waals surface area contributed by atoms with E-state index in [2.05, 4.69) is 50.0 Å². The van der Waals surface area contributed by atoms with Crippen molar-refractivity contribution >= 4 is 57.2 Å². The topological polar surface area (TPSA) is 98.7 Å². The van der Waals surface area contributed by atoms with Crippen LogP contribution in [0.5, 0.6) is 0 Å². The number of halogens is 1. The normalized spacial score (nSPS) is 15.6. The number of imidazole rings is 1. The molecule has 3 N–H and O–H groups in total. The number of hydrogen-bond donors (Lipinski definition) is 2. The molecule has 2 aliphatic carbocycles. The molecule has 29 heavy (non-hydrogen) atoms. The molecule has 0 atom stereocenters. The van der Waals surface area contributed by atoms with Crippen LogP contribution in [0.4, 0.5) is 5.82 Å². The third-order valence-corrected chi connectivity index (χ3v) is 7.69. The van der Waals surface area contributed by atoms with E-state index in [4.69, 9.17) is 10.7 Å². The van der Waals surface area contributed by atoms with E-state index in [-0.39, 0.29) is 5.91 Å². The molecule has 0 bridgehead atoms. The quantitative estimate of drug-likeness (QED) is 0.484. The van der Waals surface area contributed by atoms with Gasteiger partial charge in [0.2, 0.25) is 5.91 Å². The summed E-state index contributed by atoms with van der Waals surface area (Å²) in [5, 5.41) is 3.84. The van der Waals surface area contributed by atoms with Crippen molar-refractivity contribution < 1.29 is 4.79 Å². The smallest absolute Gasteiger partial charge is 0.222 e. The summed E-state index contributed by atoms with van der Waals surface area (Å²) in [7, 11) is 0. The number of aryl methyl sites for hydroxylation is 3. The number of anilines is 1. The summed E-state index contributed by atoms with van der Waals surface area (Å²) in [6.07, 6.45) is 7.53. The van der Waals surface area contributed by atoms with Gasteiger partial charge in [-0.05, 0) is 78.0 Å². The fourth-order valence-electron chi connectivity index (χ4n) is 3.70. The van der Waals surface area contributed by atoms with Crippen molar-refractivity contribution in [2.45, 2.75) is 61.2 Å². The molecular formula is C20H21IN6OS. The molecule has 2 aliphatic rings. The number of aromatic nitrogens is 4. The SMILES string of the molecule is Nc1ncnc2c1nc(Sc1cc3c(cc1I)CCC3)n2CCC(=O)NC1CC1. The first-order valence-electron chi connectivity index (χ1n) is 9.83. The van der Waals surface area contributed by atoms with Crippen LogP contribution in [-0.2, 0) is 24.2 Å². The Morgan fingerprint density at radius 3 is 2.86 bits per heavy atom. The van der Waals surface area contributed by atoms with Gasteiger partial charge in [0.05, 0.1) is 0 Å². The van der Waals surface area contributed by atoms with Crippen LogP contribution in [0.2, 0.25) is 0 Å². The summed E-state index contributed by atoms with van der Waals surface area (Å²) < 4.78 is 3.21. The summed E-state index contributed by atoms with van der Waals surface area (Å²) in [5.74, 6) is 0.432. The van der Waals surface area contributed by atoms with E-state index < -0.39 is 0 Å². The molecule has 1 saturated carbocycles. The molecule has 0 radical (unpaired) electrons. The van der Waals surface area contributed by atoms with Crippen LogP contribution in [-0.4, -0.2) is 31.5 Å². The van der Waals surface area contributed by atoms with Gasteiger partial charge in [-0.1, -0.05) is 11.8 Å². The Morgan fingerprint density at radius 2 is 2.07 bits per heavy atom. The lowest BCUT2D eigenvalue weighted by atomic mass is 10.1. The molecule has 0 aliphatic heterocycles. The Hall–Kier alpha value is -1.88. The summed E-state index contributed by atoms with van der Waals surface area (Å²) in [5.41, 5.74) is 10.2. The molecular weight excluding hydrogens is 499 g/mol. The minimum Gasteiger partial charge on any atom is -0.382 e. The predicted octanol–water partition coefficient (Wildman–Crippen LogP) is 3.32. The van der Waals surface area contributed by atoms with Crippen LogP contribution in [0.15, 0.2) is 28.5 Å². The van der Waals surface area contributed by atoms with Crippen LogP contribution in [0.1, 0.15) is 36.8 Å². The zero-order valence-electron chi connectivity index (χ0n) is 15.8. The van der Waals surface area contributed by atoms with E-state index in [9.17, 15) is 4.79 Å². The number of carbonyl (C=O) groups excluding carboxylic acids is 1. The maximum atomic E-state index is 12.2. The lowest BCUT2D eigenvalue weighted by Gasteiger charge is -2.11. The Labute approximate surface area is 186 Å². The van der Waals surface area contributed by atoms with Crippen molar-refractivity contribution in [2.24, 2.45) is 0 Å². The highest BCUT2D eigenvalue weighted by Gasteiger charge is 2.24. The third-order valence-electron chi connectivity index (χ3n) is 5.38. The van der Waals surface area contributed by atoms with E-state index in [1.54, 1.807) is 11.8 Å². The second-order valence-corrected chi connectivity index (χ2v) is 9.75. The monoisotopic (exact) mass is 520 g/mol. The van der Waals surface area contributed by atoms with Crippen molar-refractivity contribution in [3.63, 3.8) is 0 Å². The molecule has 1 amide bonds. The fourth-order valence-corrected chi connectivity index (χ4v) is 5.54. The van der Waals surface area contributed by atoms with E-state index in [0.717, 1.165) is 30.8 Å². The highest BCUT2D eigenvalue weighted by atomic mass is 127. The minimum atomic E-state index is 0.0689. The van der Waals surface area contributed by atoms with Gasteiger partial charge in [0.1, 0.15) is 6.33 Å². The van der Waals surface area contributed by atoms with E-state index in [1.807, 2.05) is 4.57 Å². The minimum absolute atomic E-state index is 0.0689. The Balaban J connectivity index is 1.47. The highest BCUT2D eigenvalue weighted by molar-refractivity contribution is 14.1. The van der Waals surface area contributed by atoms with Gasteiger partial charge in [-0.2, -0.15) is 0 Å². The van der Waals surface area contributed by atoms with Crippen LogP contribution < -0.4 is 11.1 Å². The molecule has 5 rings (SSSR count). The number of nitrogens with one attached hydrogen (secondary N) is 1. The number of nitrogens with two attached hydrogens (primary N) is 1. The molecule has 2 heterocycles. The van der Waals surface area contributed by atoms with Gasteiger partial charge < -0.3 is 15.6 Å². The maximum absolute atomic E-state index is 12.2. The van der Waals surface area contributed by atoms with Crippen molar-refractivity contribution in [3.8, 4) is 0 Å². The molecule has 0 saturated heterocycles. The molecule has 1 fully saturated rings. The second kappa shape index (κ2) is 7.75. The van der Waals surface area contributed by atoms with E-state index in [1.165, 1.54) is 32.3 Å². The largest absolute Gasteiger partial charge is 0.382 e. The third kappa shape index (κ3) is 3.94. The second-order valence-electron chi connectivity index (χ2n) is 7.58. The number of amides is 1. The number of fused-ring (bicyclic) bond motifs is 2. The van der Waals surface area contributed by atoms with Crippen molar-refractivity contribution in [2.75, 3.05) is 5.73 Å². The fraction of sp³-hybridized carbons (Fsp3) is 0.400. The zero-order chi connectivity index (χ0) is 20.0. The highest BCUT2D eigenvalue weighted by Crippen LogP contribution is 2.37. The maximum Gasteiger partial charge on any atom is 0.222 e. The first-order chi connectivity index (χ1) is 14.1. The van der Waals surface area contributed by atoms with Crippen LogP contribution in [0.3, 0.4) is 0 Å². The molecule has 150 valence electrons. The van der Waals surface area contributed by atoms with Gasteiger partial charge in [0.15, 0.2) is 22.1 Å². The van der Waals surface area contributed by atoms with Gasteiger partial charge >= 0.3 is 0 Å². The van der Waals surface area contributed by atoms with Crippen molar-refractivity contribution in [1.29, 1.82) is 0 Å². The molecule has 0 unspecified atom stereocenters. The predicted molar refractivity (Wildman–Crippen MR) is 121 cm³/mol. The molecule has 1 aromatic carbocycles. The molecule has 3 aromatic rings. The molecule has 0 spiro atoms. The standard InChI is InChI=1S/C20H21IN6OS/c21-14-8-11-2-1-3-12(11)9-15(14)29-20-26-17-18(22)23-10-24-19(17)27(20)7-6-16(28)25-13-4-5-13/h8-10,13H,1-7H2,(H,25,28)(H2,22,23,24). The van der Waals surface area contributed by atoms with Gasteiger partial charge in [0.25, 0.3) is 0 Å². The van der Waals surface area contributed by atoms with Gasteiger partial charge in [-0.3, -0.25) is 4.79 Å². The van der Waals surface area contributed by atoms with Gasteiger partial charge in [-0.15, -0.1) is 0 Å². The first kappa shape index (κ1) is 19.1. The average Bonchev–Trinajstić information content (AvgIpc) is 3.26. The number of carbonyl (C=O) groups is 1. The van der Waals surface area contributed by atoms with Gasteiger partial charge in [-0.25, -0.2) is 15.0 Å². The van der Waals surface area contributed by atoms with Crippen molar-refractivity contribution in [3.05, 3.63) is 33.2 Å². The number of nitrogen functional groups attached to an aromatic ring is 1. The number of benzene rings is 1. The Kier molecular flexibility index (Phi) is 5.10. The number of rotatable bonds is 6. The summed E-state index contributed by atoms with van der Waals surface area (Å²) in [4.78, 5) is 26.6. The summed E-state index contributed by atoms with van der Waals surface area (Å²) in [6, 6.07) is 4.94. The molecule has 2 aromatic heterocycles. The Morgan fingerprint density at radius 1 is 1.28 bits per heavy atom. The van der Waals surface area contributed by atoms with Crippen LogP contribution in [0, 0.1) is 3.57 Å². The van der Waals surface area contributed by atoms with Gasteiger partial charge in [0, 0.05) is 27.5 Å². The van der Waals surface area contributed by atoms with E-state index >= 15 is 0 Å². The van der Waals surface area contributed by atoms with E-state index in [0.29, 0.717) is 36.0 Å². The van der Waals surface area contributed by atoms with Crippen molar-refractivity contribution in [1.82, 2.24) is 24.8 Å². The summed E-state index contributed by atoms with van der Waals surface area (Å²) in [6.45, 7) is 0.509. The number of hydrogen-bond acceptors (Lipinski definition) is 6. The molecule has 9 heteroatoms. The first-order valence-corrected chi connectivity index (χ1v) is 11.7. The van der Waals surface area contributed by atoms with Crippen LogP contribution >= 0.6 is 34.4 Å². The summed E-state index contributed by atoms with van der Waals surface area (Å²) >= 11 is 4.00. The number of nitrogens with zero attached hydrogens (tertiary/aromatic N) is 4. The zero-order valence-corrected chi connectivity index (χ0v) is 18.8. The Bertz CT molecular complexity index is 1110.